The second kappa shape index (κ2) is 8.22. The molecule has 0 unspecified atom stereocenters. The van der Waals surface area contributed by atoms with E-state index < -0.39 is 0 Å². The molecular formula is C24H25NO5. The molecule has 0 fully saturated rings. The lowest BCUT2D eigenvalue weighted by Gasteiger charge is -2.34. The zero-order valence-corrected chi connectivity index (χ0v) is 17.4. The zero-order chi connectivity index (χ0) is 21.3. The van der Waals surface area contributed by atoms with E-state index in [4.69, 9.17) is 14.2 Å². The molecule has 0 bridgehead atoms. The van der Waals surface area contributed by atoms with E-state index in [1.54, 1.807) is 21.3 Å². The molecule has 2 aromatic carbocycles. The maximum atomic E-state index is 13.2. The summed E-state index contributed by atoms with van der Waals surface area (Å²) in [7, 11) is 4.65. The number of carbonyl (C=O) groups excluding carboxylic acids is 2. The predicted molar refractivity (Wildman–Crippen MR) is 112 cm³/mol. The Balaban J connectivity index is 1.77. The van der Waals surface area contributed by atoms with Gasteiger partial charge in [-0.25, -0.2) is 0 Å². The number of Topliss-reactive ketones (excluding diaryl/α,β-unsaturated/α-hetero) is 1. The van der Waals surface area contributed by atoms with Crippen LogP contribution in [-0.2, 0) is 9.59 Å². The highest BCUT2D eigenvalue weighted by Crippen LogP contribution is 2.46. The average molecular weight is 407 g/mol. The van der Waals surface area contributed by atoms with Crippen LogP contribution in [0.1, 0.15) is 42.2 Å². The van der Waals surface area contributed by atoms with Crippen molar-refractivity contribution in [3.8, 4) is 17.2 Å². The third-order valence-electron chi connectivity index (χ3n) is 5.90. The van der Waals surface area contributed by atoms with E-state index in [2.05, 4.69) is 5.32 Å². The molecular weight excluding hydrogens is 382 g/mol. The molecule has 1 aliphatic carbocycles. The van der Waals surface area contributed by atoms with Crippen LogP contribution < -0.4 is 19.5 Å². The molecule has 1 amide bonds. The maximum Gasteiger partial charge on any atom is 0.225 e. The molecule has 1 heterocycles. The third kappa shape index (κ3) is 3.54. The monoisotopic (exact) mass is 407 g/mol. The fourth-order valence-corrected chi connectivity index (χ4v) is 4.51. The number of allylic oxidation sites excluding steroid dienone is 2. The molecule has 0 aromatic heterocycles. The molecule has 156 valence electrons. The summed E-state index contributed by atoms with van der Waals surface area (Å²) in [6, 6.07) is 13.6. The fraction of sp³-hybridized carbons (Fsp3) is 0.333. The number of hydrogen-bond donors (Lipinski definition) is 1. The van der Waals surface area contributed by atoms with Gasteiger partial charge in [0.25, 0.3) is 0 Å². The Morgan fingerprint density at radius 2 is 1.50 bits per heavy atom. The van der Waals surface area contributed by atoms with Crippen LogP contribution in [0.4, 0.5) is 0 Å². The van der Waals surface area contributed by atoms with Gasteiger partial charge in [-0.3, -0.25) is 9.59 Å². The normalized spacial score (nSPS) is 21.0. The van der Waals surface area contributed by atoms with Gasteiger partial charge in [0.1, 0.15) is 0 Å². The third-order valence-corrected chi connectivity index (χ3v) is 5.90. The van der Waals surface area contributed by atoms with E-state index in [1.165, 1.54) is 0 Å². The second-order valence-electron chi connectivity index (χ2n) is 7.59. The van der Waals surface area contributed by atoms with Gasteiger partial charge in [-0.15, -0.1) is 0 Å². The van der Waals surface area contributed by atoms with Gasteiger partial charge in [0.05, 0.1) is 21.3 Å². The van der Waals surface area contributed by atoms with Crippen molar-refractivity contribution in [3.05, 3.63) is 64.9 Å². The number of benzene rings is 2. The first kappa shape index (κ1) is 20.0. The maximum absolute atomic E-state index is 13.2. The Kier molecular flexibility index (Phi) is 5.48. The highest BCUT2D eigenvalue weighted by atomic mass is 16.5. The lowest BCUT2D eigenvalue weighted by molar-refractivity contribution is -0.122. The van der Waals surface area contributed by atoms with Crippen molar-refractivity contribution in [1.29, 1.82) is 0 Å². The van der Waals surface area contributed by atoms with Crippen molar-refractivity contribution in [1.82, 2.24) is 5.32 Å². The van der Waals surface area contributed by atoms with Crippen LogP contribution in [0, 0.1) is 0 Å². The largest absolute Gasteiger partial charge is 0.493 e. The van der Waals surface area contributed by atoms with Crippen LogP contribution in [0.5, 0.6) is 17.2 Å². The summed E-state index contributed by atoms with van der Waals surface area (Å²) >= 11 is 0. The van der Waals surface area contributed by atoms with Crippen LogP contribution in [0.25, 0.3) is 0 Å². The van der Waals surface area contributed by atoms with E-state index in [-0.39, 0.29) is 29.9 Å². The Labute approximate surface area is 175 Å². The highest BCUT2D eigenvalue weighted by Gasteiger charge is 2.38. The first-order chi connectivity index (χ1) is 14.5. The molecule has 0 saturated heterocycles. The molecule has 2 aromatic rings. The van der Waals surface area contributed by atoms with Crippen molar-refractivity contribution in [3.63, 3.8) is 0 Å². The molecule has 1 N–H and O–H groups in total. The summed E-state index contributed by atoms with van der Waals surface area (Å²) in [5.41, 5.74) is 3.34. The summed E-state index contributed by atoms with van der Waals surface area (Å²) in [5, 5.41) is 2.96. The Morgan fingerprint density at radius 3 is 2.10 bits per heavy atom. The van der Waals surface area contributed by atoms with Crippen LogP contribution in [0.15, 0.2) is 53.7 Å². The molecule has 0 spiro atoms. The number of nitrogens with one attached hydrogen (secondary N) is 1. The minimum Gasteiger partial charge on any atom is -0.493 e. The number of ether oxygens (including phenoxy) is 3. The SMILES string of the molecule is COc1cc([C@H]2CC(=O)NC3=C2C(=O)C[C@@H](c2ccccc2)C3)cc(OC)c1OC. The topological polar surface area (TPSA) is 73.9 Å². The van der Waals surface area contributed by atoms with Gasteiger partial charge in [0.2, 0.25) is 11.7 Å². The van der Waals surface area contributed by atoms with Gasteiger partial charge in [-0.1, -0.05) is 30.3 Å². The number of rotatable bonds is 5. The molecule has 6 nitrogen and oxygen atoms in total. The molecule has 30 heavy (non-hydrogen) atoms. The molecule has 2 atom stereocenters. The number of amides is 1. The Bertz CT molecular complexity index is 987. The van der Waals surface area contributed by atoms with E-state index in [9.17, 15) is 9.59 Å². The first-order valence-corrected chi connectivity index (χ1v) is 9.96. The summed E-state index contributed by atoms with van der Waals surface area (Å²) in [4.78, 5) is 25.8. The number of methoxy groups -OCH3 is 3. The summed E-state index contributed by atoms with van der Waals surface area (Å²) < 4.78 is 16.3. The second-order valence-corrected chi connectivity index (χ2v) is 7.59. The molecule has 0 saturated carbocycles. The molecule has 2 aliphatic rings. The highest BCUT2D eigenvalue weighted by molar-refractivity contribution is 6.02. The van der Waals surface area contributed by atoms with Crippen LogP contribution in [0.2, 0.25) is 0 Å². The lowest BCUT2D eigenvalue weighted by atomic mass is 9.73. The quantitative estimate of drug-likeness (QED) is 0.818. The van der Waals surface area contributed by atoms with Crippen LogP contribution >= 0.6 is 0 Å². The fourth-order valence-electron chi connectivity index (χ4n) is 4.51. The Hall–Kier alpha value is -3.28. The summed E-state index contributed by atoms with van der Waals surface area (Å²) in [5.74, 6) is 1.20. The summed E-state index contributed by atoms with van der Waals surface area (Å²) in [6.45, 7) is 0. The van der Waals surface area contributed by atoms with Gasteiger partial charge < -0.3 is 19.5 Å². The van der Waals surface area contributed by atoms with Gasteiger partial charge in [-0.05, 0) is 35.6 Å². The number of carbonyl (C=O) groups is 2. The van der Waals surface area contributed by atoms with E-state index in [1.807, 2.05) is 42.5 Å². The lowest BCUT2D eigenvalue weighted by Crippen LogP contribution is -2.38. The van der Waals surface area contributed by atoms with E-state index in [0.29, 0.717) is 35.7 Å². The molecule has 0 radical (unpaired) electrons. The van der Waals surface area contributed by atoms with Crippen molar-refractivity contribution in [2.75, 3.05) is 21.3 Å². The zero-order valence-electron chi connectivity index (χ0n) is 17.4. The van der Waals surface area contributed by atoms with Crippen molar-refractivity contribution >= 4 is 11.7 Å². The predicted octanol–water partition coefficient (Wildman–Crippen LogP) is 3.72. The van der Waals surface area contributed by atoms with Gasteiger partial charge >= 0.3 is 0 Å². The Morgan fingerprint density at radius 1 is 0.833 bits per heavy atom. The van der Waals surface area contributed by atoms with Crippen LogP contribution in [0.3, 0.4) is 0 Å². The minimum atomic E-state index is -0.341. The number of hydrogen-bond acceptors (Lipinski definition) is 5. The van der Waals surface area contributed by atoms with Gasteiger partial charge in [0.15, 0.2) is 17.3 Å². The number of ketones is 1. The van der Waals surface area contributed by atoms with Crippen molar-refractivity contribution in [2.24, 2.45) is 0 Å². The van der Waals surface area contributed by atoms with Gasteiger partial charge in [0, 0.05) is 30.0 Å². The van der Waals surface area contributed by atoms with Crippen LogP contribution in [-0.4, -0.2) is 33.0 Å². The molecule has 1 aliphatic heterocycles. The van der Waals surface area contributed by atoms with Crippen molar-refractivity contribution < 1.29 is 23.8 Å². The standard InChI is InChI=1S/C24H25NO5/c1-28-20-11-16(12-21(29-2)24(20)30-3)17-13-22(27)25-18-9-15(10-19(26)23(17)18)14-7-5-4-6-8-14/h4-8,11-12,15,17H,9-10,13H2,1-3H3,(H,25,27)/t15-,17+/m0/s1. The minimum absolute atomic E-state index is 0.0661. The first-order valence-electron chi connectivity index (χ1n) is 9.96. The molecule has 6 heteroatoms. The molecule has 4 rings (SSSR count). The average Bonchev–Trinajstić information content (AvgIpc) is 2.77. The van der Waals surface area contributed by atoms with E-state index >= 15 is 0 Å². The van der Waals surface area contributed by atoms with Crippen molar-refractivity contribution in [2.45, 2.75) is 31.1 Å². The summed E-state index contributed by atoms with van der Waals surface area (Å²) in [6.07, 6.45) is 1.27. The van der Waals surface area contributed by atoms with E-state index in [0.717, 1.165) is 16.8 Å². The smallest absolute Gasteiger partial charge is 0.225 e. The van der Waals surface area contributed by atoms with Gasteiger partial charge in [-0.2, -0.15) is 0 Å².